The fourth-order valence-corrected chi connectivity index (χ4v) is 0.950. The van der Waals surface area contributed by atoms with Crippen LogP contribution in [-0.4, -0.2) is 18.6 Å². The van der Waals surface area contributed by atoms with Gasteiger partial charge >= 0.3 is 0 Å². The van der Waals surface area contributed by atoms with Gasteiger partial charge in [-0.25, -0.2) is 0 Å². The summed E-state index contributed by atoms with van der Waals surface area (Å²) >= 11 is 0. The summed E-state index contributed by atoms with van der Waals surface area (Å²) in [4.78, 5) is 0. The maximum atomic E-state index is 5.90. The fourth-order valence-electron chi connectivity index (χ4n) is 0.950. The Hall–Kier alpha value is -0.120. The molecule has 0 aliphatic rings. The smallest absolute Gasteiger partial charge is 0.0178 e. The zero-order valence-electron chi connectivity index (χ0n) is 6.47. The molecule has 0 atom stereocenters. The minimum atomic E-state index is -0.219. The van der Waals surface area contributed by atoms with Crippen LogP contribution >= 0.6 is 0 Å². The van der Waals surface area contributed by atoms with Crippen molar-refractivity contribution in [1.29, 1.82) is 0 Å². The average molecular weight is 144 g/mol. The van der Waals surface area contributed by atoms with Crippen molar-refractivity contribution in [2.45, 2.75) is 24.8 Å². The van der Waals surface area contributed by atoms with Gasteiger partial charge in [0.25, 0.3) is 0 Å². The Morgan fingerprint density at radius 3 is 1.70 bits per heavy atom. The molecule has 0 heterocycles. The van der Waals surface area contributed by atoms with Crippen molar-refractivity contribution in [1.82, 2.24) is 0 Å². The summed E-state index contributed by atoms with van der Waals surface area (Å²) < 4.78 is 0. The van der Waals surface area contributed by atoms with Crippen LogP contribution < -0.4 is 17.2 Å². The van der Waals surface area contributed by atoms with Gasteiger partial charge in [-0.05, 0) is 32.4 Å². The van der Waals surface area contributed by atoms with E-state index in [9.17, 15) is 0 Å². The molecule has 0 bridgehead atoms. The third-order valence-electron chi connectivity index (χ3n) is 1.78. The van der Waals surface area contributed by atoms with Crippen LogP contribution in [0, 0.1) is 6.92 Å². The summed E-state index contributed by atoms with van der Waals surface area (Å²) in [5, 5.41) is 0. The van der Waals surface area contributed by atoms with Crippen LogP contribution in [0.1, 0.15) is 19.3 Å². The molecule has 0 aromatic carbocycles. The first kappa shape index (κ1) is 9.88. The van der Waals surface area contributed by atoms with Gasteiger partial charge < -0.3 is 17.2 Å². The third-order valence-corrected chi connectivity index (χ3v) is 1.78. The Balaban J connectivity index is 3.69. The first-order valence-corrected chi connectivity index (χ1v) is 3.67. The van der Waals surface area contributed by atoms with E-state index in [-0.39, 0.29) is 5.54 Å². The second-order valence-electron chi connectivity index (χ2n) is 2.69. The lowest BCUT2D eigenvalue weighted by molar-refractivity contribution is 0.378. The monoisotopic (exact) mass is 144 g/mol. The Labute approximate surface area is 62.9 Å². The highest BCUT2D eigenvalue weighted by Gasteiger charge is 2.19. The standard InChI is InChI=1S/C7H18N3/c1-2-7(10,3-5-8)4-6-9/h1-6,8-10H2. The molecule has 3 nitrogen and oxygen atoms in total. The molecular weight excluding hydrogens is 126 g/mol. The van der Waals surface area contributed by atoms with Crippen molar-refractivity contribution in [3.8, 4) is 0 Å². The van der Waals surface area contributed by atoms with Gasteiger partial charge in [0.2, 0.25) is 0 Å². The Morgan fingerprint density at radius 2 is 1.50 bits per heavy atom. The summed E-state index contributed by atoms with van der Waals surface area (Å²) in [5.41, 5.74) is 16.4. The van der Waals surface area contributed by atoms with E-state index in [2.05, 4.69) is 6.92 Å². The topological polar surface area (TPSA) is 78.1 Å². The van der Waals surface area contributed by atoms with Gasteiger partial charge in [0.05, 0.1) is 0 Å². The normalized spacial score (nSPS) is 12.0. The van der Waals surface area contributed by atoms with Crippen molar-refractivity contribution in [2.75, 3.05) is 13.1 Å². The van der Waals surface area contributed by atoms with Gasteiger partial charge in [-0.15, -0.1) is 0 Å². The maximum Gasteiger partial charge on any atom is 0.0178 e. The van der Waals surface area contributed by atoms with Crippen LogP contribution in [0.25, 0.3) is 0 Å². The maximum absolute atomic E-state index is 5.90. The molecule has 10 heavy (non-hydrogen) atoms. The molecule has 0 aliphatic carbocycles. The number of rotatable bonds is 5. The Morgan fingerprint density at radius 1 is 1.10 bits per heavy atom. The zero-order chi connectivity index (χ0) is 8.04. The number of hydrogen-bond donors (Lipinski definition) is 3. The van der Waals surface area contributed by atoms with Gasteiger partial charge in [0, 0.05) is 5.54 Å². The SMILES string of the molecule is [CH2]CC(N)(CCN)CCN. The molecule has 0 rings (SSSR count). The van der Waals surface area contributed by atoms with Crippen molar-refractivity contribution in [3.63, 3.8) is 0 Å². The highest BCUT2D eigenvalue weighted by atomic mass is 14.8. The quantitative estimate of drug-likeness (QED) is 0.491. The first-order chi connectivity index (χ1) is 4.68. The van der Waals surface area contributed by atoms with E-state index < -0.39 is 0 Å². The Bertz CT molecular complexity index is 76.9. The van der Waals surface area contributed by atoms with Crippen LogP contribution in [0.15, 0.2) is 0 Å². The van der Waals surface area contributed by atoms with Gasteiger partial charge in [-0.2, -0.15) is 0 Å². The molecule has 0 spiro atoms. The highest BCUT2D eigenvalue weighted by Crippen LogP contribution is 2.13. The highest BCUT2D eigenvalue weighted by molar-refractivity contribution is 4.85. The second-order valence-corrected chi connectivity index (χ2v) is 2.69. The molecule has 0 fully saturated rings. The van der Waals surface area contributed by atoms with Gasteiger partial charge in [0.15, 0.2) is 0 Å². The summed E-state index contributed by atoms with van der Waals surface area (Å²) in [7, 11) is 0. The molecular formula is C7H18N3. The lowest BCUT2D eigenvalue weighted by atomic mass is 9.90. The first-order valence-electron chi connectivity index (χ1n) is 3.67. The van der Waals surface area contributed by atoms with Crippen LogP contribution in [0.4, 0.5) is 0 Å². The van der Waals surface area contributed by atoms with Crippen LogP contribution in [0.3, 0.4) is 0 Å². The van der Waals surface area contributed by atoms with E-state index in [0.29, 0.717) is 19.5 Å². The lowest BCUT2D eigenvalue weighted by Gasteiger charge is -2.26. The third kappa shape index (κ3) is 3.15. The molecule has 0 saturated heterocycles. The molecule has 0 unspecified atom stereocenters. The van der Waals surface area contributed by atoms with Gasteiger partial charge in [-0.1, -0.05) is 6.92 Å². The van der Waals surface area contributed by atoms with E-state index in [1.165, 1.54) is 0 Å². The van der Waals surface area contributed by atoms with Crippen molar-refractivity contribution < 1.29 is 0 Å². The molecule has 1 radical (unpaired) electrons. The molecule has 0 aromatic rings. The number of nitrogens with two attached hydrogens (primary N) is 3. The van der Waals surface area contributed by atoms with E-state index in [1.54, 1.807) is 0 Å². The second kappa shape index (κ2) is 4.66. The van der Waals surface area contributed by atoms with Crippen molar-refractivity contribution in [2.24, 2.45) is 17.2 Å². The predicted octanol–water partition coefficient (Wildman–Crippen LogP) is -0.394. The van der Waals surface area contributed by atoms with Crippen molar-refractivity contribution >= 4 is 0 Å². The van der Waals surface area contributed by atoms with Gasteiger partial charge in [-0.3, -0.25) is 0 Å². The number of hydrogen-bond acceptors (Lipinski definition) is 3. The van der Waals surface area contributed by atoms with E-state index in [4.69, 9.17) is 17.2 Å². The van der Waals surface area contributed by atoms with Crippen LogP contribution in [0.5, 0.6) is 0 Å². The molecule has 61 valence electrons. The fraction of sp³-hybridized carbons (Fsp3) is 0.857. The van der Waals surface area contributed by atoms with Crippen LogP contribution in [-0.2, 0) is 0 Å². The van der Waals surface area contributed by atoms with Crippen molar-refractivity contribution in [3.05, 3.63) is 6.92 Å². The summed E-state index contributed by atoms with van der Waals surface area (Å²) in [6.45, 7) is 4.99. The minimum Gasteiger partial charge on any atom is -0.330 e. The molecule has 0 aromatic heterocycles. The van der Waals surface area contributed by atoms with E-state index >= 15 is 0 Å². The molecule has 0 saturated carbocycles. The summed E-state index contributed by atoms with van der Waals surface area (Å²) in [6, 6.07) is 0. The van der Waals surface area contributed by atoms with Crippen LogP contribution in [0.2, 0.25) is 0 Å². The zero-order valence-corrected chi connectivity index (χ0v) is 6.47. The average Bonchev–Trinajstić information content (AvgIpc) is 1.89. The minimum absolute atomic E-state index is 0.219. The van der Waals surface area contributed by atoms with E-state index in [0.717, 1.165) is 12.8 Å². The molecule has 6 N–H and O–H groups in total. The molecule has 3 heteroatoms. The lowest BCUT2D eigenvalue weighted by Crippen LogP contribution is -2.42. The summed E-state index contributed by atoms with van der Waals surface area (Å²) in [6.07, 6.45) is 2.34. The molecule has 0 amide bonds. The predicted molar refractivity (Wildman–Crippen MR) is 44.2 cm³/mol. The largest absolute Gasteiger partial charge is 0.330 e. The summed E-state index contributed by atoms with van der Waals surface area (Å²) in [5.74, 6) is 0. The molecule has 0 aliphatic heterocycles. The van der Waals surface area contributed by atoms with E-state index in [1.807, 2.05) is 0 Å². The van der Waals surface area contributed by atoms with Gasteiger partial charge in [0.1, 0.15) is 0 Å². The Kier molecular flexibility index (Phi) is 4.60.